The predicted molar refractivity (Wildman–Crippen MR) is 81.9 cm³/mol. The number of nitro groups is 1. The van der Waals surface area contributed by atoms with Crippen LogP contribution in [0, 0.1) is 10.1 Å². The van der Waals surface area contributed by atoms with E-state index in [1.807, 2.05) is 0 Å². The zero-order chi connectivity index (χ0) is 14.9. The van der Waals surface area contributed by atoms with Crippen LogP contribution in [0.4, 0.5) is 11.4 Å². The zero-order valence-electron chi connectivity index (χ0n) is 11.4. The molecule has 5 nitrogen and oxygen atoms in total. The summed E-state index contributed by atoms with van der Waals surface area (Å²) in [5.74, 6) is 0. The van der Waals surface area contributed by atoms with Gasteiger partial charge in [0.05, 0.1) is 15.0 Å². The molecule has 1 saturated heterocycles. The third-order valence-electron chi connectivity index (χ3n) is 3.80. The van der Waals surface area contributed by atoms with Crippen molar-refractivity contribution in [2.24, 2.45) is 0 Å². The van der Waals surface area contributed by atoms with Crippen molar-refractivity contribution in [2.45, 2.75) is 31.8 Å². The van der Waals surface area contributed by atoms with Crippen LogP contribution in [0.2, 0.25) is 10.0 Å². The van der Waals surface area contributed by atoms with Crippen LogP contribution < -0.4 is 5.32 Å². The summed E-state index contributed by atoms with van der Waals surface area (Å²) >= 11 is 11.8. The first-order chi connectivity index (χ1) is 9.38. The molecular weight excluding hydrogens is 301 g/mol. The lowest BCUT2D eigenvalue weighted by Crippen LogP contribution is -2.42. The highest BCUT2D eigenvalue weighted by Crippen LogP contribution is 2.35. The van der Waals surface area contributed by atoms with E-state index in [-0.39, 0.29) is 16.8 Å². The molecule has 0 spiro atoms. The lowest BCUT2D eigenvalue weighted by molar-refractivity contribution is -0.384. The van der Waals surface area contributed by atoms with Gasteiger partial charge in [-0.3, -0.25) is 10.1 Å². The quantitative estimate of drug-likeness (QED) is 0.680. The van der Waals surface area contributed by atoms with Gasteiger partial charge >= 0.3 is 0 Å². The Labute approximate surface area is 128 Å². The number of hydrogen-bond donors (Lipinski definition) is 1. The Morgan fingerprint density at radius 3 is 2.65 bits per heavy atom. The van der Waals surface area contributed by atoms with Crippen LogP contribution >= 0.6 is 23.2 Å². The molecule has 1 fully saturated rings. The largest absolute Gasteiger partial charge is 0.377 e. The number of benzene rings is 1. The summed E-state index contributed by atoms with van der Waals surface area (Å²) in [5.41, 5.74) is 0.400. The van der Waals surface area contributed by atoms with Crippen LogP contribution in [0.5, 0.6) is 0 Å². The van der Waals surface area contributed by atoms with Crippen molar-refractivity contribution in [1.29, 1.82) is 0 Å². The molecule has 0 bridgehead atoms. The van der Waals surface area contributed by atoms with Gasteiger partial charge in [0.1, 0.15) is 5.69 Å². The molecule has 0 radical (unpaired) electrons. The third kappa shape index (κ3) is 3.34. The molecule has 0 aliphatic carbocycles. The van der Waals surface area contributed by atoms with Gasteiger partial charge in [0, 0.05) is 24.7 Å². The van der Waals surface area contributed by atoms with Crippen molar-refractivity contribution >= 4 is 34.6 Å². The van der Waals surface area contributed by atoms with Crippen LogP contribution in [0.15, 0.2) is 12.1 Å². The Morgan fingerprint density at radius 1 is 1.40 bits per heavy atom. The van der Waals surface area contributed by atoms with Crippen molar-refractivity contribution in [2.75, 3.05) is 18.9 Å². The summed E-state index contributed by atoms with van der Waals surface area (Å²) in [6.07, 6.45) is 1.88. The number of nitrogens with one attached hydrogen (secondary N) is 1. The van der Waals surface area contributed by atoms with Crippen LogP contribution in [0.3, 0.4) is 0 Å². The number of piperidine rings is 1. The number of anilines is 1. The number of halogens is 2. The summed E-state index contributed by atoms with van der Waals surface area (Å²) in [4.78, 5) is 12.9. The van der Waals surface area contributed by atoms with E-state index in [0.717, 1.165) is 19.4 Å². The van der Waals surface area contributed by atoms with E-state index in [4.69, 9.17) is 23.2 Å². The molecule has 0 saturated carbocycles. The smallest absolute Gasteiger partial charge is 0.293 e. The molecule has 1 aromatic carbocycles. The maximum absolute atomic E-state index is 11.1. The van der Waals surface area contributed by atoms with Gasteiger partial charge in [-0.2, -0.15) is 0 Å². The molecule has 7 heteroatoms. The molecular formula is C13H17Cl2N3O2. The number of nitrogens with zero attached hydrogens (tertiary/aromatic N) is 2. The second-order valence-corrected chi connectivity index (χ2v) is 6.05. The molecule has 1 heterocycles. The topological polar surface area (TPSA) is 58.4 Å². The molecule has 20 heavy (non-hydrogen) atoms. The fourth-order valence-electron chi connectivity index (χ4n) is 2.44. The molecule has 1 N–H and O–H groups in total. The monoisotopic (exact) mass is 317 g/mol. The third-order valence-corrected chi connectivity index (χ3v) is 4.53. The van der Waals surface area contributed by atoms with Crippen LogP contribution in [0.1, 0.15) is 19.8 Å². The Kier molecular flexibility index (Phi) is 4.73. The van der Waals surface area contributed by atoms with Gasteiger partial charge in [-0.25, -0.2) is 0 Å². The van der Waals surface area contributed by atoms with Gasteiger partial charge in [0.15, 0.2) is 0 Å². The van der Waals surface area contributed by atoms with E-state index in [9.17, 15) is 10.1 Å². The number of nitro benzene ring substituents is 1. The highest BCUT2D eigenvalue weighted by Gasteiger charge is 2.25. The first-order valence-electron chi connectivity index (χ1n) is 6.48. The Morgan fingerprint density at radius 2 is 2.05 bits per heavy atom. The van der Waals surface area contributed by atoms with Gasteiger partial charge in [-0.1, -0.05) is 23.2 Å². The number of likely N-dealkylation sites (tertiary alicyclic amines) is 1. The average molecular weight is 318 g/mol. The minimum absolute atomic E-state index is 0.0361. The maximum atomic E-state index is 11.1. The molecule has 2 atom stereocenters. The van der Waals surface area contributed by atoms with E-state index in [2.05, 4.69) is 24.2 Å². The molecule has 2 unspecified atom stereocenters. The normalized spacial score (nSPS) is 23.6. The van der Waals surface area contributed by atoms with Gasteiger partial charge in [-0.15, -0.1) is 0 Å². The van der Waals surface area contributed by atoms with E-state index in [0.29, 0.717) is 16.8 Å². The van der Waals surface area contributed by atoms with Crippen molar-refractivity contribution in [3.8, 4) is 0 Å². The Balaban J connectivity index is 2.20. The van der Waals surface area contributed by atoms with Crippen LogP contribution in [-0.2, 0) is 0 Å². The molecule has 110 valence electrons. The van der Waals surface area contributed by atoms with Gasteiger partial charge in [-0.05, 0) is 32.9 Å². The second kappa shape index (κ2) is 6.16. The van der Waals surface area contributed by atoms with E-state index in [1.165, 1.54) is 12.1 Å². The van der Waals surface area contributed by atoms with Crippen molar-refractivity contribution in [3.63, 3.8) is 0 Å². The molecule has 1 aromatic rings. The van der Waals surface area contributed by atoms with Gasteiger partial charge in [0.25, 0.3) is 5.69 Å². The minimum atomic E-state index is -0.442. The number of hydrogen-bond acceptors (Lipinski definition) is 4. The first kappa shape index (κ1) is 15.4. The van der Waals surface area contributed by atoms with E-state index in [1.54, 1.807) is 0 Å². The fraction of sp³-hybridized carbons (Fsp3) is 0.538. The summed E-state index contributed by atoms with van der Waals surface area (Å²) in [7, 11) is 2.09. The summed E-state index contributed by atoms with van der Waals surface area (Å²) < 4.78 is 0. The van der Waals surface area contributed by atoms with Crippen molar-refractivity contribution in [1.82, 2.24) is 4.90 Å². The SMILES string of the molecule is CC1CC(Nc2cc(Cl)c(Cl)cc2[N+](=O)[O-])CCN1C. The zero-order valence-corrected chi connectivity index (χ0v) is 12.9. The van der Waals surface area contributed by atoms with E-state index < -0.39 is 4.92 Å². The van der Waals surface area contributed by atoms with Crippen molar-refractivity contribution < 1.29 is 4.92 Å². The van der Waals surface area contributed by atoms with Gasteiger partial charge < -0.3 is 10.2 Å². The fourth-order valence-corrected chi connectivity index (χ4v) is 2.76. The van der Waals surface area contributed by atoms with Gasteiger partial charge in [0.2, 0.25) is 0 Å². The summed E-state index contributed by atoms with van der Waals surface area (Å²) in [5, 5.41) is 14.9. The first-order valence-corrected chi connectivity index (χ1v) is 7.24. The minimum Gasteiger partial charge on any atom is -0.377 e. The van der Waals surface area contributed by atoms with Crippen LogP contribution in [-0.4, -0.2) is 35.5 Å². The molecule has 1 aliphatic rings. The van der Waals surface area contributed by atoms with Crippen LogP contribution in [0.25, 0.3) is 0 Å². The average Bonchev–Trinajstić information content (AvgIpc) is 2.37. The predicted octanol–water partition coefficient (Wildman–Crippen LogP) is 3.80. The standard InChI is InChI=1S/C13H17Cl2N3O2/c1-8-5-9(3-4-17(8)2)16-12-6-10(14)11(15)7-13(12)18(19)20/h6-9,16H,3-5H2,1-2H3. The summed E-state index contributed by atoms with van der Waals surface area (Å²) in [6, 6.07) is 3.48. The van der Waals surface area contributed by atoms with Crippen molar-refractivity contribution in [3.05, 3.63) is 32.3 Å². The lowest BCUT2D eigenvalue weighted by Gasteiger charge is -2.35. The maximum Gasteiger partial charge on any atom is 0.293 e. The Bertz CT molecular complexity index is 525. The molecule has 1 aliphatic heterocycles. The molecule has 0 aromatic heterocycles. The Hall–Kier alpha value is -1.04. The van der Waals surface area contributed by atoms with E-state index >= 15 is 0 Å². The second-order valence-electron chi connectivity index (χ2n) is 5.24. The molecule has 2 rings (SSSR count). The number of rotatable bonds is 3. The highest BCUT2D eigenvalue weighted by atomic mass is 35.5. The molecule has 0 amide bonds. The lowest BCUT2D eigenvalue weighted by atomic mass is 9.98. The summed E-state index contributed by atoms with van der Waals surface area (Å²) in [6.45, 7) is 3.12. The highest BCUT2D eigenvalue weighted by molar-refractivity contribution is 6.42.